The number of ketones is 1. The monoisotopic (exact) mass is 271 g/mol. The van der Waals surface area contributed by atoms with Gasteiger partial charge in [0, 0.05) is 29.6 Å². The largest absolute Gasteiger partial charge is 0.383 e. The first-order chi connectivity index (χ1) is 7.15. The maximum atomic E-state index is 11.8. The van der Waals surface area contributed by atoms with Gasteiger partial charge in [0.2, 0.25) is 0 Å². The van der Waals surface area contributed by atoms with Crippen molar-refractivity contribution < 1.29 is 9.53 Å². The van der Waals surface area contributed by atoms with Gasteiger partial charge in [0.05, 0.1) is 6.61 Å². The Kier molecular flexibility index (Phi) is 4.94. The average molecular weight is 272 g/mol. The summed E-state index contributed by atoms with van der Waals surface area (Å²) in [7, 11) is 1.57. The van der Waals surface area contributed by atoms with Crippen LogP contribution < -0.4 is 5.73 Å². The Hall–Kier alpha value is -0.710. The van der Waals surface area contributed by atoms with Gasteiger partial charge in [-0.05, 0) is 6.07 Å². The van der Waals surface area contributed by atoms with Crippen molar-refractivity contribution in [1.82, 2.24) is 0 Å². The van der Waals surface area contributed by atoms with Crippen molar-refractivity contribution in [2.75, 3.05) is 13.7 Å². The SMILES string of the molecule is COCC(N)CC(=O)c1ccccc1Br. The van der Waals surface area contributed by atoms with E-state index in [1.807, 2.05) is 18.2 Å². The Morgan fingerprint density at radius 1 is 1.53 bits per heavy atom. The van der Waals surface area contributed by atoms with Crippen LogP contribution in [-0.2, 0) is 4.74 Å². The molecule has 0 bridgehead atoms. The van der Waals surface area contributed by atoms with Crippen LogP contribution in [0.3, 0.4) is 0 Å². The third-order valence-electron chi connectivity index (χ3n) is 2.00. The highest BCUT2D eigenvalue weighted by molar-refractivity contribution is 9.10. The van der Waals surface area contributed by atoms with Crippen molar-refractivity contribution >= 4 is 21.7 Å². The van der Waals surface area contributed by atoms with Gasteiger partial charge in [-0.25, -0.2) is 0 Å². The van der Waals surface area contributed by atoms with E-state index in [0.717, 1.165) is 4.47 Å². The zero-order chi connectivity index (χ0) is 11.3. The molecule has 3 nitrogen and oxygen atoms in total. The predicted octanol–water partition coefficient (Wildman–Crippen LogP) is 2.00. The number of carbonyl (C=O) groups is 1. The summed E-state index contributed by atoms with van der Waals surface area (Å²) in [4.78, 5) is 11.8. The molecule has 4 heteroatoms. The maximum Gasteiger partial charge on any atom is 0.165 e. The Morgan fingerprint density at radius 2 is 2.20 bits per heavy atom. The highest BCUT2D eigenvalue weighted by Gasteiger charge is 2.13. The molecule has 0 radical (unpaired) electrons. The minimum Gasteiger partial charge on any atom is -0.383 e. The number of Topliss-reactive ketones (excluding diaryl/α,β-unsaturated/α-hetero) is 1. The summed E-state index contributed by atoms with van der Waals surface area (Å²) in [6, 6.07) is 7.09. The van der Waals surface area contributed by atoms with E-state index in [0.29, 0.717) is 18.6 Å². The van der Waals surface area contributed by atoms with E-state index in [1.54, 1.807) is 13.2 Å². The molecule has 0 heterocycles. The first-order valence-electron chi connectivity index (χ1n) is 4.67. The molecule has 1 atom stereocenters. The van der Waals surface area contributed by atoms with E-state index in [-0.39, 0.29) is 11.8 Å². The van der Waals surface area contributed by atoms with Crippen LogP contribution >= 0.6 is 15.9 Å². The number of nitrogens with two attached hydrogens (primary N) is 1. The van der Waals surface area contributed by atoms with Gasteiger partial charge in [0.1, 0.15) is 0 Å². The number of benzene rings is 1. The standard InChI is InChI=1S/C11H14BrNO2/c1-15-7-8(13)6-11(14)9-4-2-3-5-10(9)12/h2-5,8H,6-7,13H2,1H3. The summed E-state index contributed by atoms with van der Waals surface area (Å²) in [6.45, 7) is 0.399. The molecule has 15 heavy (non-hydrogen) atoms. The summed E-state index contributed by atoms with van der Waals surface area (Å²) < 4.78 is 5.69. The summed E-state index contributed by atoms with van der Waals surface area (Å²) >= 11 is 3.33. The van der Waals surface area contributed by atoms with Crippen LogP contribution in [0.5, 0.6) is 0 Å². The number of ether oxygens (including phenoxy) is 1. The van der Waals surface area contributed by atoms with Crippen molar-refractivity contribution in [3.63, 3.8) is 0 Å². The van der Waals surface area contributed by atoms with E-state index < -0.39 is 0 Å². The molecule has 1 aromatic rings. The number of hydrogen-bond donors (Lipinski definition) is 1. The van der Waals surface area contributed by atoms with Gasteiger partial charge >= 0.3 is 0 Å². The Bertz CT molecular complexity index is 341. The molecule has 1 unspecified atom stereocenters. The number of hydrogen-bond acceptors (Lipinski definition) is 3. The minimum atomic E-state index is -0.241. The molecule has 0 spiro atoms. The van der Waals surface area contributed by atoms with Crippen molar-refractivity contribution in [3.05, 3.63) is 34.3 Å². The quantitative estimate of drug-likeness (QED) is 0.834. The number of halogens is 1. The molecule has 1 rings (SSSR count). The van der Waals surface area contributed by atoms with Crippen LogP contribution in [0.1, 0.15) is 16.8 Å². The van der Waals surface area contributed by atoms with Crippen LogP contribution in [0.15, 0.2) is 28.7 Å². The van der Waals surface area contributed by atoms with Crippen LogP contribution in [-0.4, -0.2) is 25.5 Å². The van der Waals surface area contributed by atoms with Gasteiger partial charge in [-0.1, -0.05) is 34.1 Å². The fraction of sp³-hybridized carbons (Fsp3) is 0.364. The Balaban J connectivity index is 2.65. The molecule has 0 saturated heterocycles. The van der Waals surface area contributed by atoms with Gasteiger partial charge in [0.15, 0.2) is 5.78 Å². The second-order valence-corrected chi connectivity index (χ2v) is 4.18. The van der Waals surface area contributed by atoms with E-state index in [2.05, 4.69) is 15.9 Å². The van der Waals surface area contributed by atoms with Crippen LogP contribution in [0.2, 0.25) is 0 Å². The minimum absolute atomic E-state index is 0.0343. The van der Waals surface area contributed by atoms with E-state index in [4.69, 9.17) is 10.5 Å². The fourth-order valence-corrected chi connectivity index (χ4v) is 1.81. The molecule has 0 aromatic heterocycles. The highest BCUT2D eigenvalue weighted by atomic mass is 79.9. The van der Waals surface area contributed by atoms with Crippen molar-refractivity contribution in [2.24, 2.45) is 5.73 Å². The van der Waals surface area contributed by atoms with Crippen LogP contribution in [0, 0.1) is 0 Å². The summed E-state index contributed by atoms with van der Waals surface area (Å²) in [6.07, 6.45) is 0.302. The van der Waals surface area contributed by atoms with E-state index in [1.165, 1.54) is 0 Å². The molecule has 0 saturated carbocycles. The summed E-state index contributed by atoms with van der Waals surface area (Å²) in [5, 5.41) is 0. The van der Waals surface area contributed by atoms with Crippen molar-refractivity contribution in [2.45, 2.75) is 12.5 Å². The zero-order valence-corrected chi connectivity index (χ0v) is 10.2. The normalized spacial score (nSPS) is 12.5. The van der Waals surface area contributed by atoms with E-state index in [9.17, 15) is 4.79 Å². The highest BCUT2D eigenvalue weighted by Crippen LogP contribution is 2.17. The Labute approximate surface area is 97.7 Å². The Morgan fingerprint density at radius 3 is 2.80 bits per heavy atom. The molecule has 0 aliphatic rings. The molecule has 2 N–H and O–H groups in total. The van der Waals surface area contributed by atoms with Crippen molar-refractivity contribution in [3.8, 4) is 0 Å². The topological polar surface area (TPSA) is 52.3 Å². The molecule has 1 aromatic carbocycles. The van der Waals surface area contributed by atoms with Gasteiger partial charge in [-0.3, -0.25) is 4.79 Å². The fourth-order valence-electron chi connectivity index (χ4n) is 1.31. The van der Waals surface area contributed by atoms with Gasteiger partial charge in [-0.2, -0.15) is 0 Å². The lowest BCUT2D eigenvalue weighted by molar-refractivity contribution is 0.0948. The smallest absolute Gasteiger partial charge is 0.165 e. The second kappa shape index (κ2) is 6.00. The van der Waals surface area contributed by atoms with Gasteiger partial charge < -0.3 is 10.5 Å². The first kappa shape index (κ1) is 12.4. The lowest BCUT2D eigenvalue weighted by atomic mass is 10.0. The molecule has 0 aliphatic carbocycles. The number of rotatable bonds is 5. The average Bonchev–Trinajstić information content (AvgIpc) is 2.18. The lowest BCUT2D eigenvalue weighted by Crippen LogP contribution is -2.28. The third kappa shape index (κ3) is 3.74. The lowest BCUT2D eigenvalue weighted by Gasteiger charge is -2.09. The van der Waals surface area contributed by atoms with E-state index >= 15 is 0 Å². The van der Waals surface area contributed by atoms with Gasteiger partial charge in [0.25, 0.3) is 0 Å². The van der Waals surface area contributed by atoms with Gasteiger partial charge in [-0.15, -0.1) is 0 Å². The molecular formula is C11H14BrNO2. The third-order valence-corrected chi connectivity index (χ3v) is 2.69. The zero-order valence-electron chi connectivity index (χ0n) is 8.57. The number of methoxy groups -OCH3 is 1. The predicted molar refractivity (Wildman–Crippen MR) is 62.9 cm³/mol. The number of carbonyl (C=O) groups excluding carboxylic acids is 1. The maximum absolute atomic E-state index is 11.8. The summed E-state index contributed by atoms with van der Waals surface area (Å²) in [5.74, 6) is 0.0343. The molecule has 0 amide bonds. The second-order valence-electron chi connectivity index (χ2n) is 3.32. The van der Waals surface area contributed by atoms with Crippen LogP contribution in [0.4, 0.5) is 0 Å². The molecular weight excluding hydrogens is 258 g/mol. The molecule has 0 fully saturated rings. The molecule has 0 aliphatic heterocycles. The van der Waals surface area contributed by atoms with Crippen LogP contribution in [0.25, 0.3) is 0 Å². The van der Waals surface area contributed by atoms with Crippen molar-refractivity contribution in [1.29, 1.82) is 0 Å². The molecule has 82 valence electrons. The first-order valence-corrected chi connectivity index (χ1v) is 5.46. The summed E-state index contributed by atoms with van der Waals surface area (Å²) in [5.41, 5.74) is 6.38.